The zero-order valence-electron chi connectivity index (χ0n) is 12.3. The quantitative estimate of drug-likeness (QED) is 0.759. The van der Waals surface area contributed by atoms with Crippen molar-refractivity contribution >= 4 is 23.5 Å². The number of halogens is 1. The maximum Gasteiger partial charge on any atom is 0.310 e. The van der Waals surface area contributed by atoms with Crippen molar-refractivity contribution in [2.24, 2.45) is 11.8 Å². The van der Waals surface area contributed by atoms with E-state index < -0.39 is 0 Å². The summed E-state index contributed by atoms with van der Waals surface area (Å²) in [5, 5.41) is 0.636. The number of amides is 1. The van der Waals surface area contributed by atoms with Crippen molar-refractivity contribution in [3.63, 3.8) is 0 Å². The van der Waals surface area contributed by atoms with Crippen molar-refractivity contribution in [1.29, 1.82) is 0 Å². The molecule has 21 heavy (non-hydrogen) atoms. The molecule has 114 valence electrons. The fourth-order valence-corrected chi connectivity index (χ4v) is 2.45. The smallest absolute Gasteiger partial charge is 0.310 e. The zero-order chi connectivity index (χ0) is 15.4. The molecule has 1 saturated carbocycles. The van der Waals surface area contributed by atoms with Gasteiger partial charge in [-0.05, 0) is 24.5 Å². The van der Waals surface area contributed by atoms with E-state index in [4.69, 9.17) is 16.3 Å². The van der Waals surface area contributed by atoms with Gasteiger partial charge in [-0.15, -0.1) is 0 Å². The summed E-state index contributed by atoms with van der Waals surface area (Å²) in [6, 6.07) is 7.46. The van der Waals surface area contributed by atoms with E-state index >= 15 is 0 Å². The summed E-state index contributed by atoms with van der Waals surface area (Å²) in [5.41, 5.74) is 0.894. The second-order valence-corrected chi connectivity index (χ2v) is 5.92. The Morgan fingerprint density at radius 1 is 1.38 bits per heavy atom. The van der Waals surface area contributed by atoms with E-state index in [0.29, 0.717) is 18.1 Å². The lowest BCUT2D eigenvalue weighted by Gasteiger charge is -2.25. The number of nitrogens with zero attached hydrogens (tertiary/aromatic N) is 1. The maximum atomic E-state index is 12.4. The van der Waals surface area contributed by atoms with Crippen LogP contribution in [0.4, 0.5) is 0 Å². The lowest BCUT2D eigenvalue weighted by atomic mass is 10.1. The monoisotopic (exact) mass is 309 g/mol. The molecule has 1 aliphatic rings. The predicted octanol–water partition coefficient (Wildman–Crippen LogP) is 2.89. The fourth-order valence-electron chi connectivity index (χ4n) is 2.26. The highest BCUT2D eigenvalue weighted by atomic mass is 35.5. The molecule has 0 saturated heterocycles. The summed E-state index contributed by atoms with van der Waals surface area (Å²) in [6.45, 7) is 2.55. The van der Waals surface area contributed by atoms with Crippen LogP contribution in [0.1, 0.15) is 25.3 Å². The Labute approximate surface area is 130 Å². The van der Waals surface area contributed by atoms with Gasteiger partial charge in [0.1, 0.15) is 0 Å². The molecule has 0 spiro atoms. The normalized spacial score (nSPS) is 15.4. The minimum atomic E-state index is -0.347. The van der Waals surface area contributed by atoms with E-state index in [0.717, 1.165) is 18.4 Å². The number of rotatable bonds is 6. The highest BCUT2D eigenvalue weighted by Gasteiger charge is 2.34. The van der Waals surface area contributed by atoms with Crippen LogP contribution in [0.2, 0.25) is 5.02 Å². The molecule has 1 unspecified atom stereocenters. The lowest BCUT2D eigenvalue weighted by Crippen LogP contribution is -2.37. The molecule has 1 amide bonds. The SMILES string of the molecule is COC(=O)C(C)CN(Cc1ccccc1Cl)C(=O)C1CC1. The molecule has 1 fully saturated rings. The highest BCUT2D eigenvalue weighted by molar-refractivity contribution is 6.31. The molecule has 1 aromatic rings. The van der Waals surface area contributed by atoms with E-state index in [1.165, 1.54) is 7.11 Å². The van der Waals surface area contributed by atoms with Crippen LogP contribution < -0.4 is 0 Å². The molecule has 0 radical (unpaired) electrons. The number of methoxy groups -OCH3 is 1. The van der Waals surface area contributed by atoms with Gasteiger partial charge in [0, 0.05) is 24.0 Å². The molecule has 1 aliphatic carbocycles. The van der Waals surface area contributed by atoms with Crippen molar-refractivity contribution in [3.8, 4) is 0 Å². The van der Waals surface area contributed by atoms with Gasteiger partial charge in [-0.25, -0.2) is 0 Å². The summed E-state index contributed by atoms with van der Waals surface area (Å²) in [6.07, 6.45) is 1.87. The Bertz CT molecular complexity index is 528. The van der Waals surface area contributed by atoms with Crippen LogP contribution in [-0.4, -0.2) is 30.4 Å². The minimum Gasteiger partial charge on any atom is -0.469 e. The average molecular weight is 310 g/mol. The molecule has 0 heterocycles. The maximum absolute atomic E-state index is 12.4. The van der Waals surface area contributed by atoms with Crippen LogP contribution >= 0.6 is 11.6 Å². The van der Waals surface area contributed by atoms with E-state index in [-0.39, 0.29) is 23.7 Å². The van der Waals surface area contributed by atoms with Gasteiger partial charge in [0.15, 0.2) is 0 Å². The van der Waals surface area contributed by atoms with Crippen molar-refractivity contribution < 1.29 is 14.3 Å². The first-order valence-corrected chi connectivity index (χ1v) is 7.50. The first-order chi connectivity index (χ1) is 10.0. The molecule has 0 aromatic heterocycles. The summed E-state index contributed by atoms with van der Waals surface area (Å²) in [7, 11) is 1.36. The van der Waals surface area contributed by atoms with Crippen LogP contribution in [-0.2, 0) is 20.9 Å². The second-order valence-electron chi connectivity index (χ2n) is 5.51. The molecule has 4 nitrogen and oxygen atoms in total. The van der Waals surface area contributed by atoms with Gasteiger partial charge < -0.3 is 9.64 Å². The standard InChI is InChI=1S/C16H20ClNO3/c1-11(16(20)21-2)9-18(15(19)12-7-8-12)10-13-5-3-4-6-14(13)17/h3-6,11-12H,7-10H2,1-2H3. The highest BCUT2D eigenvalue weighted by Crippen LogP contribution is 2.32. The Kier molecular flexibility index (Phi) is 5.23. The van der Waals surface area contributed by atoms with Gasteiger partial charge in [0.2, 0.25) is 5.91 Å². The molecule has 1 aromatic carbocycles. The molecular formula is C16H20ClNO3. The lowest BCUT2D eigenvalue weighted by molar-refractivity contribution is -0.146. The Balaban J connectivity index is 2.10. The van der Waals surface area contributed by atoms with Gasteiger partial charge in [-0.3, -0.25) is 9.59 Å². The van der Waals surface area contributed by atoms with Crippen molar-refractivity contribution in [1.82, 2.24) is 4.90 Å². The fraction of sp³-hybridized carbons (Fsp3) is 0.500. The van der Waals surface area contributed by atoms with Crippen molar-refractivity contribution in [3.05, 3.63) is 34.9 Å². The number of carbonyl (C=O) groups is 2. The largest absolute Gasteiger partial charge is 0.469 e. The summed E-state index contributed by atoms with van der Waals surface area (Å²) < 4.78 is 4.74. The van der Waals surface area contributed by atoms with Crippen LogP contribution in [0, 0.1) is 11.8 Å². The number of ether oxygens (including phenoxy) is 1. The van der Waals surface area contributed by atoms with Crippen LogP contribution in [0.3, 0.4) is 0 Å². The third kappa shape index (κ3) is 4.21. The number of carbonyl (C=O) groups excluding carboxylic acids is 2. The molecule has 0 aliphatic heterocycles. The van der Waals surface area contributed by atoms with Gasteiger partial charge in [0.25, 0.3) is 0 Å². The molecular weight excluding hydrogens is 290 g/mol. The van der Waals surface area contributed by atoms with E-state index in [2.05, 4.69) is 0 Å². The Morgan fingerprint density at radius 2 is 2.05 bits per heavy atom. The van der Waals surface area contributed by atoms with Crippen LogP contribution in [0.25, 0.3) is 0 Å². The first-order valence-electron chi connectivity index (χ1n) is 7.13. The molecule has 2 rings (SSSR count). The number of hydrogen-bond donors (Lipinski definition) is 0. The van der Waals surface area contributed by atoms with Gasteiger partial charge in [0.05, 0.1) is 13.0 Å². The Morgan fingerprint density at radius 3 is 2.62 bits per heavy atom. The molecule has 0 bridgehead atoms. The van der Waals surface area contributed by atoms with E-state index in [9.17, 15) is 9.59 Å². The van der Waals surface area contributed by atoms with Crippen LogP contribution in [0.15, 0.2) is 24.3 Å². The van der Waals surface area contributed by atoms with Gasteiger partial charge >= 0.3 is 5.97 Å². The molecule has 5 heteroatoms. The Hall–Kier alpha value is -1.55. The van der Waals surface area contributed by atoms with E-state index in [1.54, 1.807) is 17.9 Å². The third-order valence-corrected chi connectivity index (χ3v) is 4.02. The van der Waals surface area contributed by atoms with Crippen molar-refractivity contribution in [2.75, 3.05) is 13.7 Å². The summed E-state index contributed by atoms with van der Waals surface area (Å²) in [4.78, 5) is 25.7. The number of hydrogen-bond acceptors (Lipinski definition) is 3. The van der Waals surface area contributed by atoms with Crippen molar-refractivity contribution in [2.45, 2.75) is 26.3 Å². The van der Waals surface area contributed by atoms with Gasteiger partial charge in [-0.1, -0.05) is 36.7 Å². The third-order valence-electron chi connectivity index (χ3n) is 3.66. The second kappa shape index (κ2) is 6.94. The number of benzene rings is 1. The van der Waals surface area contributed by atoms with Crippen LogP contribution in [0.5, 0.6) is 0 Å². The summed E-state index contributed by atoms with van der Waals surface area (Å²) >= 11 is 6.16. The first kappa shape index (κ1) is 15.8. The summed E-state index contributed by atoms with van der Waals surface area (Å²) in [5.74, 6) is -0.439. The average Bonchev–Trinajstić information content (AvgIpc) is 3.31. The van der Waals surface area contributed by atoms with Gasteiger partial charge in [-0.2, -0.15) is 0 Å². The van der Waals surface area contributed by atoms with E-state index in [1.807, 2.05) is 18.2 Å². The topological polar surface area (TPSA) is 46.6 Å². The number of esters is 1. The predicted molar refractivity (Wildman–Crippen MR) is 80.8 cm³/mol. The minimum absolute atomic E-state index is 0.102. The molecule has 1 atom stereocenters. The molecule has 0 N–H and O–H groups in total. The zero-order valence-corrected chi connectivity index (χ0v) is 13.1.